The molecule has 2 aromatic rings. The minimum atomic E-state index is -0.680. The first-order chi connectivity index (χ1) is 12.4. The molecule has 2 N–H and O–H groups in total. The third-order valence-electron chi connectivity index (χ3n) is 4.57. The number of carbonyl (C=O) groups is 2. The van der Waals surface area contributed by atoms with Crippen LogP contribution < -0.4 is 10.6 Å². The monoisotopic (exact) mass is 362 g/mol. The number of amides is 2. The van der Waals surface area contributed by atoms with Gasteiger partial charge in [0, 0.05) is 37.4 Å². The van der Waals surface area contributed by atoms with Gasteiger partial charge in [0.05, 0.1) is 6.26 Å². The molecule has 1 aromatic heterocycles. The van der Waals surface area contributed by atoms with Gasteiger partial charge in [-0.15, -0.1) is 0 Å². The molecule has 0 spiro atoms. The van der Waals surface area contributed by atoms with Crippen molar-refractivity contribution in [3.63, 3.8) is 0 Å². The van der Waals surface area contributed by atoms with Gasteiger partial charge in [0.25, 0.3) is 0 Å². The fraction of sp³-hybridized carbons (Fsp3) is 0.368. The first-order valence-corrected chi connectivity index (χ1v) is 8.49. The molecule has 2 heterocycles. The van der Waals surface area contributed by atoms with Gasteiger partial charge in [-0.05, 0) is 42.7 Å². The molecule has 0 saturated carbocycles. The Morgan fingerprint density at radius 3 is 2.65 bits per heavy atom. The van der Waals surface area contributed by atoms with E-state index in [1.165, 1.54) is 12.1 Å². The molecule has 26 heavy (non-hydrogen) atoms. The van der Waals surface area contributed by atoms with E-state index in [0.29, 0.717) is 31.2 Å². The molecule has 1 fully saturated rings. The summed E-state index contributed by atoms with van der Waals surface area (Å²) in [6.07, 6.45) is 3.81. The van der Waals surface area contributed by atoms with Gasteiger partial charge in [0.15, 0.2) is 0 Å². The van der Waals surface area contributed by atoms with E-state index in [4.69, 9.17) is 4.42 Å². The second-order valence-corrected chi connectivity index (χ2v) is 6.64. The lowest BCUT2D eigenvalue weighted by atomic mass is 9.87. The van der Waals surface area contributed by atoms with Crippen LogP contribution >= 0.6 is 0 Å². The fourth-order valence-electron chi connectivity index (χ4n) is 3.28. The molecule has 0 bridgehead atoms. The first kappa shape index (κ1) is 18.1. The minimum Gasteiger partial charge on any atom is -0.469 e. The number of nitrogens with one attached hydrogen (secondary N) is 2. The van der Waals surface area contributed by atoms with E-state index in [1.807, 2.05) is 6.07 Å². The van der Waals surface area contributed by atoms with Crippen molar-refractivity contribution < 1.29 is 22.8 Å². The van der Waals surface area contributed by atoms with Crippen molar-refractivity contribution in [2.24, 2.45) is 0 Å². The molecule has 1 aliphatic heterocycles. The van der Waals surface area contributed by atoms with Crippen LogP contribution in [0, 0.1) is 11.6 Å². The lowest BCUT2D eigenvalue weighted by Gasteiger charge is -2.28. The van der Waals surface area contributed by atoms with Crippen LogP contribution in [0.5, 0.6) is 0 Å². The normalized spacial score (nSPS) is 19.4. The zero-order chi connectivity index (χ0) is 18.6. The van der Waals surface area contributed by atoms with Gasteiger partial charge in [-0.1, -0.05) is 0 Å². The molecule has 1 unspecified atom stereocenters. The van der Waals surface area contributed by atoms with E-state index in [2.05, 4.69) is 10.6 Å². The van der Waals surface area contributed by atoms with Crippen LogP contribution in [0.3, 0.4) is 0 Å². The summed E-state index contributed by atoms with van der Waals surface area (Å²) in [7, 11) is 0. The molecular weight excluding hydrogens is 342 g/mol. The van der Waals surface area contributed by atoms with Crippen LogP contribution in [0.4, 0.5) is 8.78 Å². The number of carbonyl (C=O) groups excluding carboxylic acids is 2. The average molecular weight is 362 g/mol. The van der Waals surface area contributed by atoms with Crippen molar-refractivity contribution in [2.45, 2.75) is 44.2 Å². The molecule has 1 atom stereocenters. The van der Waals surface area contributed by atoms with Crippen LogP contribution in [0.25, 0.3) is 0 Å². The quantitative estimate of drug-likeness (QED) is 0.796. The number of rotatable bonds is 7. The van der Waals surface area contributed by atoms with E-state index in [1.54, 1.807) is 12.3 Å². The smallest absolute Gasteiger partial charge is 0.220 e. The van der Waals surface area contributed by atoms with Crippen molar-refractivity contribution in [1.82, 2.24) is 10.6 Å². The number of furan rings is 1. The zero-order valence-corrected chi connectivity index (χ0v) is 14.2. The predicted molar refractivity (Wildman–Crippen MR) is 90.0 cm³/mol. The van der Waals surface area contributed by atoms with Gasteiger partial charge in [-0.25, -0.2) is 8.78 Å². The number of halogens is 2. The van der Waals surface area contributed by atoms with Gasteiger partial charge in [0.1, 0.15) is 17.4 Å². The summed E-state index contributed by atoms with van der Waals surface area (Å²) in [5.74, 6) is -0.884. The standard InChI is InChI=1S/C19H20F2N2O3/c20-14-8-13(9-15(21)10-14)12-22-17(24)3-5-19(6-4-18(25)23-19)11-16-2-1-7-26-16/h1-2,7-10H,3-6,11-12H2,(H,22,24)(H,23,25). The second-order valence-electron chi connectivity index (χ2n) is 6.64. The molecular formula is C19H20F2N2O3. The third kappa shape index (κ3) is 4.68. The maximum Gasteiger partial charge on any atom is 0.220 e. The SMILES string of the molecule is O=C(CCC1(Cc2ccco2)CCC(=O)N1)NCc1cc(F)cc(F)c1. The Morgan fingerprint density at radius 2 is 2.04 bits per heavy atom. The van der Waals surface area contributed by atoms with E-state index in [0.717, 1.165) is 11.8 Å². The topological polar surface area (TPSA) is 71.3 Å². The Morgan fingerprint density at radius 1 is 1.27 bits per heavy atom. The summed E-state index contributed by atoms with van der Waals surface area (Å²) in [6.45, 7) is 0.0467. The summed E-state index contributed by atoms with van der Waals surface area (Å²) in [5.41, 5.74) is -0.146. The molecule has 138 valence electrons. The summed E-state index contributed by atoms with van der Waals surface area (Å²) >= 11 is 0. The highest BCUT2D eigenvalue weighted by Crippen LogP contribution is 2.29. The predicted octanol–water partition coefficient (Wildman–Crippen LogP) is 2.85. The Bertz CT molecular complexity index is 772. The number of hydrogen-bond acceptors (Lipinski definition) is 3. The molecule has 5 nitrogen and oxygen atoms in total. The lowest BCUT2D eigenvalue weighted by Crippen LogP contribution is -2.44. The van der Waals surface area contributed by atoms with Gasteiger partial charge < -0.3 is 15.1 Å². The average Bonchev–Trinajstić information content (AvgIpc) is 3.21. The van der Waals surface area contributed by atoms with Gasteiger partial charge >= 0.3 is 0 Å². The zero-order valence-electron chi connectivity index (χ0n) is 14.2. The number of hydrogen-bond donors (Lipinski definition) is 2. The molecule has 2 amide bonds. The minimum absolute atomic E-state index is 0.0350. The summed E-state index contributed by atoms with van der Waals surface area (Å²) in [5, 5.41) is 5.63. The van der Waals surface area contributed by atoms with Gasteiger partial charge in [-0.3, -0.25) is 9.59 Å². The number of benzene rings is 1. The molecule has 7 heteroatoms. The van der Waals surface area contributed by atoms with Crippen LogP contribution in [0.2, 0.25) is 0 Å². The molecule has 0 aliphatic carbocycles. The lowest BCUT2D eigenvalue weighted by molar-refractivity contribution is -0.122. The third-order valence-corrected chi connectivity index (χ3v) is 4.57. The van der Waals surface area contributed by atoms with Crippen molar-refractivity contribution in [3.05, 3.63) is 59.6 Å². The van der Waals surface area contributed by atoms with Crippen LogP contribution in [0.1, 0.15) is 37.0 Å². The van der Waals surface area contributed by atoms with E-state index in [-0.39, 0.29) is 24.8 Å². The Balaban J connectivity index is 1.55. The summed E-state index contributed by atoms with van der Waals surface area (Å²) in [4.78, 5) is 23.8. The van der Waals surface area contributed by atoms with Crippen LogP contribution in [-0.4, -0.2) is 17.4 Å². The van der Waals surface area contributed by atoms with Crippen molar-refractivity contribution in [1.29, 1.82) is 0 Å². The van der Waals surface area contributed by atoms with E-state index < -0.39 is 17.2 Å². The molecule has 1 saturated heterocycles. The van der Waals surface area contributed by atoms with Gasteiger partial charge in [0.2, 0.25) is 11.8 Å². The maximum absolute atomic E-state index is 13.2. The van der Waals surface area contributed by atoms with E-state index in [9.17, 15) is 18.4 Å². The summed E-state index contributed by atoms with van der Waals surface area (Å²) < 4.78 is 31.7. The highest BCUT2D eigenvalue weighted by atomic mass is 19.1. The van der Waals surface area contributed by atoms with E-state index >= 15 is 0 Å². The summed E-state index contributed by atoms with van der Waals surface area (Å²) in [6, 6.07) is 6.76. The fourth-order valence-corrected chi connectivity index (χ4v) is 3.28. The highest BCUT2D eigenvalue weighted by Gasteiger charge is 2.38. The molecule has 0 radical (unpaired) electrons. The molecule has 3 rings (SSSR count). The van der Waals surface area contributed by atoms with Crippen LogP contribution in [0.15, 0.2) is 41.0 Å². The first-order valence-electron chi connectivity index (χ1n) is 8.49. The molecule has 1 aromatic carbocycles. The van der Waals surface area contributed by atoms with Crippen molar-refractivity contribution >= 4 is 11.8 Å². The molecule has 1 aliphatic rings. The Kier molecular flexibility index (Phi) is 5.35. The van der Waals surface area contributed by atoms with Gasteiger partial charge in [-0.2, -0.15) is 0 Å². The van der Waals surface area contributed by atoms with Crippen molar-refractivity contribution in [3.8, 4) is 0 Å². The second kappa shape index (κ2) is 7.68. The Labute approximate surface area is 149 Å². The highest BCUT2D eigenvalue weighted by molar-refractivity contribution is 5.80. The van der Waals surface area contributed by atoms with Crippen molar-refractivity contribution in [2.75, 3.05) is 0 Å². The van der Waals surface area contributed by atoms with Crippen LogP contribution in [-0.2, 0) is 22.6 Å². The largest absolute Gasteiger partial charge is 0.469 e. The maximum atomic E-state index is 13.2. The Hall–Kier alpha value is -2.70.